The minimum Gasteiger partial charge on any atom is -0.478 e. The zero-order valence-electron chi connectivity index (χ0n) is 12.2. The summed E-state index contributed by atoms with van der Waals surface area (Å²) in [5, 5.41) is 9.31. The molecule has 2 aromatic carbocycles. The minimum atomic E-state index is -4.61. The van der Waals surface area contributed by atoms with Gasteiger partial charge in [0.15, 0.2) is 0 Å². The van der Waals surface area contributed by atoms with Gasteiger partial charge < -0.3 is 9.84 Å². The van der Waals surface area contributed by atoms with E-state index < -0.39 is 32.5 Å². The second kappa shape index (κ2) is 6.60. The minimum absolute atomic E-state index is 0.0388. The Kier molecular flexibility index (Phi) is 4.93. The highest BCUT2D eigenvalue weighted by atomic mass is 35.5. The zero-order chi connectivity index (χ0) is 18.1. The van der Waals surface area contributed by atoms with Crippen LogP contribution in [0.4, 0.5) is 0 Å². The molecule has 0 radical (unpaired) electrons. The number of halogens is 1. The number of esters is 1. The van der Waals surface area contributed by atoms with Crippen LogP contribution >= 0.6 is 11.6 Å². The maximum atomic E-state index is 12.2. The lowest BCUT2D eigenvalue weighted by Crippen LogP contribution is -2.15. The van der Waals surface area contributed by atoms with Crippen LogP contribution < -0.4 is 4.74 Å². The Morgan fingerprint density at radius 1 is 1.08 bits per heavy atom. The molecule has 0 aromatic heterocycles. The average Bonchev–Trinajstić information content (AvgIpc) is 2.49. The van der Waals surface area contributed by atoms with Gasteiger partial charge in [0.2, 0.25) is 0 Å². The Hall–Kier alpha value is -2.42. The molecule has 0 bridgehead atoms. The van der Waals surface area contributed by atoms with E-state index in [4.69, 9.17) is 26.0 Å². The van der Waals surface area contributed by atoms with Crippen molar-refractivity contribution in [2.24, 2.45) is 0 Å². The van der Waals surface area contributed by atoms with Crippen molar-refractivity contribution < 1.29 is 32.4 Å². The van der Waals surface area contributed by atoms with Crippen molar-refractivity contribution in [3.63, 3.8) is 0 Å². The van der Waals surface area contributed by atoms with Gasteiger partial charge in [0.1, 0.15) is 5.75 Å². The molecule has 0 aliphatic carbocycles. The molecule has 0 saturated heterocycles. The molecule has 0 atom stereocenters. The number of carboxylic acids is 1. The van der Waals surface area contributed by atoms with Gasteiger partial charge in [-0.3, -0.25) is 4.55 Å². The number of aryl methyl sites for hydroxylation is 1. The first-order chi connectivity index (χ1) is 11.1. The fourth-order valence-electron chi connectivity index (χ4n) is 1.88. The number of aromatic carboxylic acids is 1. The number of carboxylic acid groups (broad SMARTS) is 1. The molecular formula is C15H11ClO7S. The summed E-state index contributed by atoms with van der Waals surface area (Å²) in [7, 11) is -4.61. The summed E-state index contributed by atoms with van der Waals surface area (Å²) >= 11 is 5.91. The number of carbonyl (C=O) groups is 2. The number of hydrogen-bond donors (Lipinski definition) is 2. The predicted molar refractivity (Wildman–Crippen MR) is 84.4 cm³/mol. The highest BCUT2D eigenvalue weighted by Gasteiger charge is 2.22. The Morgan fingerprint density at radius 2 is 1.75 bits per heavy atom. The van der Waals surface area contributed by atoms with Crippen LogP contribution in [0.5, 0.6) is 5.75 Å². The SMILES string of the molecule is Cc1ccc(Cl)c(OC(=O)c2ccc(S(=O)(=O)O)cc2C(=O)O)c1. The Balaban J connectivity index is 2.46. The van der Waals surface area contributed by atoms with Gasteiger partial charge in [0.05, 0.1) is 21.0 Å². The lowest BCUT2D eigenvalue weighted by atomic mass is 10.1. The van der Waals surface area contributed by atoms with Crippen LogP contribution in [-0.2, 0) is 10.1 Å². The van der Waals surface area contributed by atoms with Gasteiger partial charge >= 0.3 is 11.9 Å². The van der Waals surface area contributed by atoms with Crippen molar-refractivity contribution in [2.75, 3.05) is 0 Å². The summed E-state index contributed by atoms with van der Waals surface area (Å²) in [6.45, 7) is 1.75. The average molecular weight is 371 g/mol. The summed E-state index contributed by atoms with van der Waals surface area (Å²) in [4.78, 5) is 22.8. The lowest BCUT2D eigenvalue weighted by Gasteiger charge is -2.10. The van der Waals surface area contributed by atoms with E-state index in [0.29, 0.717) is 6.07 Å². The third kappa shape index (κ3) is 3.91. The summed E-state index contributed by atoms with van der Waals surface area (Å²) < 4.78 is 36.2. The van der Waals surface area contributed by atoms with Crippen molar-refractivity contribution in [1.82, 2.24) is 0 Å². The van der Waals surface area contributed by atoms with Crippen LogP contribution in [0.3, 0.4) is 0 Å². The summed E-state index contributed by atoms with van der Waals surface area (Å²) in [6, 6.07) is 7.22. The summed E-state index contributed by atoms with van der Waals surface area (Å²) in [6.07, 6.45) is 0. The Morgan fingerprint density at radius 3 is 2.33 bits per heavy atom. The number of ether oxygens (including phenoxy) is 1. The van der Waals surface area contributed by atoms with E-state index in [9.17, 15) is 18.0 Å². The molecule has 126 valence electrons. The fraction of sp³-hybridized carbons (Fsp3) is 0.0667. The number of benzene rings is 2. The predicted octanol–water partition coefficient (Wildman–Crippen LogP) is 2.81. The maximum Gasteiger partial charge on any atom is 0.344 e. The normalized spacial score (nSPS) is 11.1. The highest BCUT2D eigenvalue weighted by molar-refractivity contribution is 7.85. The molecule has 7 nitrogen and oxygen atoms in total. The van der Waals surface area contributed by atoms with E-state index in [2.05, 4.69) is 0 Å². The van der Waals surface area contributed by atoms with E-state index in [1.807, 2.05) is 0 Å². The largest absolute Gasteiger partial charge is 0.478 e. The molecule has 0 heterocycles. The van der Waals surface area contributed by atoms with E-state index >= 15 is 0 Å². The monoisotopic (exact) mass is 370 g/mol. The third-order valence-corrected chi connectivity index (χ3v) is 4.19. The molecule has 0 fully saturated rings. The zero-order valence-corrected chi connectivity index (χ0v) is 13.8. The van der Waals surface area contributed by atoms with E-state index in [1.54, 1.807) is 13.0 Å². The third-order valence-electron chi connectivity index (χ3n) is 3.03. The van der Waals surface area contributed by atoms with Gasteiger partial charge in [0.25, 0.3) is 10.1 Å². The standard InChI is InChI=1S/C15H11ClO7S/c1-8-2-5-12(16)13(6-8)23-15(19)10-4-3-9(24(20,21)22)7-11(10)14(17)18/h2-7H,1H3,(H,17,18)(H,20,21,22). The van der Waals surface area contributed by atoms with Crippen LogP contribution in [0.1, 0.15) is 26.3 Å². The Bertz CT molecular complexity index is 935. The first-order valence-corrected chi connectivity index (χ1v) is 8.24. The van der Waals surface area contributed by atoms with E-state index in [0.717, 1.165) is 17.7 Å². The number of hydrogen-bond acceptors (Lipinski definition) is 5. The second-order valence-electron chi connectivity index (χ2n) is 4.81. The van der Waals surface area contributed by atoms with Crippen LogP contribution in [0.25, 0.3) is 0 Å². The molecule has 0 unspecified atom stereocenters. The molecule has 0 aliphatic heterocycles. The molecular weight excluding hydrogens is 360 g/mol. The molecule has 2 N–H and O–H groups in total. The number of carbonyl (C=O) groups excluding carboxylic acids is 1. The van der Waals surface area contributed by atoms with Gasteiger partial charge in [-0.1, -0.05) is 17.7 Å². The van der Waals surface area contributed by atoms with E-state index in [-0.39, 0.29) is 16.3 Å². The van der Waals surface area contributed by atoms with Crippen LogP contribution in [0.2, 0.25) is 5.02 Å². The Labute approximate surface area is 142 Å². The first-order valence-electron chi connectivity index (χ1n) is 6.43. The summed E-state index contributed by atoms with van der Waals surface area (Å²) in [5.74, 6) is -2.54. The lowest BCUT2D eigenvalue weighted by molar-refractivity contribution is 0.0667. The van der Waals surface area contributed by atoms with Crippen molar-refractivity contribution in [3.05, 3.63) is 58.1 Å². The topological polar surface area (TPSA) is 118 Å². The first kappa shape index (κ1) is 17.9. The van der Waals surface area contributed by atoms with Gasteiger partial charge in [0, 0.05) is 0 Å². The van der Waals surface area contributed by atoms with Crippen molar-refractivity contribution >= 4 is 33.7 Å². The molecule has 0 amide bonds. The van der Waals surface area contributed by atoms with Gasteiger partial charge in [-0.15, -0.1) is 0 Å². The summed E-state index contributed by atoms with van der Waals surface area (Å²) in [5.41, 5.74) is -0.242. The smallest absolute Gasteiger partial charge is 0.344 e. The second-order valence-corrected chi connectivity index (χ2v) is 6.64. The van der Waals surface area contributed by atoms with Crippen LogP contribution in [0, 0.1) is 6.92 Å². The number of rotatable bonds is 4. The van der Waals surface area contributed by atoms with Crippen molar-refractivity contribution in [2.45, 2.75) is 11.8 Å². The van der Waals surface area contributed by atoms with Gasteiger partial charge in [-0.25, -0.2) is 9.59 Å². The molecule has 0 aliphatic rings. The maximum absolute atomic E-state index is 12.2. The molecule has 0 saturated carbocycles. The molecule has 0 spiro atoms. The van der Waals surface area contributed by atoms with Gasteiger partial charge in [-0.05, 0) is 42.8 Å². The fourth-order valence-corrected chi connectivity index (χ4v) is 2.55. The quantitative estimate of drug-likeness (QED) is 0.482. The highest BCUT2D eigenvalue weighted by Crippen LogP contribution is 2.27. The van der Waals surface area contributed by atoms with Crippen LogP contribution in [-0.4, -0.2) is 30.0 Å². The molecule has 24 heavy (non-hydrogen) atoms. The van der Waals surface area contributed by atoms with Crippen molar-refractivity contribution in [3.8, 4) is 5.75 Å². The van der Waals surface area contributed by atoms with E-state index in [1.165, 1.54) is 12.1 Å². The van der Waals surface area contributed by atoms with Gasteiger partial charge in [-0.2, -0.15) is 8.42 Å². The molecule has 2 rings (SSSR count). The molecule has 9 heteroatoms. The molecule has 2 aromatic rings. The van der Waals surface area contributed by atoms with Crippen molar-refractivity contribution in [1.29, 1.82) is 0 Å². The van der Waals surface area contributed by atoms with Crippen LogP contribution in [0.15, 0.2) is 41.3 Å².